The molecule has 0 fully saturated rings. The summed E-state index contributed by atoms with van der Waals surface area (Å²) in [5, 5.41) is 7.16. The average molecular weight is 285 g/mol. The van der Waals surface area contributed by atoms with E-state index in [0.717, 1.165) is 23.3 Å². The number of carbonyl (C=O) groups excluding carboxylic acids is 1. The maximum absolute atomic E-state index is 12.2. The number of nitrogens with one attached hydrogen (secondary N) is 1. The van der Waals surface area contributed by atoms with Crippen LogP contribution in [0.2, 0.25) is 0 Å². The van der Waals surface area contributed by atoms with Gasteiger partial charge in [0.1, 0.15) is 12.4 Å². The van der Waals surface area contributed by atoms with Crippen LogP contribution in [-0.2, 0) is 17.8 Å². The molecule has 5 nitrogen and oxygen atoms in total. The summed E-state index contributed by atoms with van der Waals surface area (Å²) in [7, 11) is 0. The van der Waals surface area contributed by atoms with Gasteiger partial charge in [0, 0.05) is 12.7 Å². The number of ether oxygens (including phenoxy) is 1. The lowest BCUT2D eigenvalue weighted by Crippen LogP contribution is -2.38. The maximum atomic E-state index is 12.2. The minimum absolute atomic E-state index is 0.0494. The van der Waals surface area contributed by atoms with Crippen LogP contribution in [0.4, 0.5) is 0 Å². The molecule has 21 heavy (non-hydrogen) atoms. The number of hydrogen-bond donors (Lipinski definition) is 1. The summed E-state index contributed by atoms with van der Waals surface area (Å²) in [5.74, 6) is 0.834. The van der Waals surface area contributed by atoms with Gasteiger partial charge in [0.05, 0.1) is 18.7 Å². The number of amides is 1. The van der Waals surface area contributed by atoms with Gasteiger partial charge in [0.15, 0.2) is 0 Å². The van der Waals surface area contributed by atoms with Crippen molar-refractivity contribution in [1.82, 2.24) is 15.1 Å². The van der Waals surface area contributed by atoms with Gasteiger partial charge in [-0.2, -0.15) is 5.10 Å². The Kier molecular flexibility index (Phi) is 3.90. The van der Waals surface area contributed by atoms with Crippen molar-refractivity contribution in [3.8, 4) is 5.75 Å². The molecular formula is C16H19N3O2. The van der Waals surface area contributed by atoms with Crippen molar-refractivity contribution in [2.45, 2.75) is 19.9 Å². The summed E-state index contributed by atoms with van der Waals surface area (Å²) in [6.07, 6.45) is 4.52. The first-order valence-corrected chi connectivity index (χ1v) is 7.20. The summed E-state index contributed by atoms with van der Waals surface area (Å²) in [4.78, 5) is 12.2. The van der Waals surface area contributed by atoms with Crippen LogP contribution in [0.25, 0.3) is 0 Å². The molecule has 110 valence electrons. The van der Waals surface area contributed by atoms with Gasteiger partial charge in [0.2, 0.25) is 5.91 Å². The third-order valence-electron chi connectivity index (χ3n) is 3.65. The van der Waals surface area contributed by atoms with Crippen molar-refractivity contribution in [2.75, 3.05) is 13.2 Å². The molecule has 1 atom stereocenters. The summed E-state index contributed by atoms with van der Waals surface area (Å²) >= 11 is 0. The highest BCUT2D eigenvalue weighted by Crippen LogP contribution is 2.26. The monoisotopic (exact) mass is 285 g/mol. The Morgan fingerprint density at radius 3 is 3.14 bits per heavy atom. The third-order valence-corrected chi connectivity index (χ3v) is 3.65. The molecule has 1 aliphatic rings. The first-order chi connectivity index (χ1) is 10.2. The molecule has 0 unspecified atom stereocenters. The molecule has 1 N–H and O–H groups in total. The Bertz CT molecular complexity index is 636. The fourth-order valence-corrected chi connectivity index (χ4v) is 2.52. The van der Waals surface area contributed by atoms with Crippen molar-refractivity contribution >= 4 is 5.91 Å². The molecule has 0 saturated carbocycles. The molecule has 3 rings (SSSR count). The van der Waals surface area contributed by atoms with E-state index in [9.17, 15) is 4.79 Å². The number of benzene rings is 1. The second kappa shape index (κ2) is 5.99. The van der Waals surface area contributed by atoms with Crippen molar-refractivity contribution in [3.63, 3.8) is 0 Å². The Morgan fingerprint density at radius 1 is 1.48 bits per heavy atom. The molecule has 0 radical (unpaired) electrons. The van der Waals surface area contributed by atoms with Gasteiger partial charge < -0.3 is 10.1 Å². The number of rotatable bonds is 4. The van der Waals surface area contributed by atoms with E-state index < -0.39 is 0 Å². The summed E-state index contributed by atoms with van der Waals surface area (Å²) in [5.41, 5.74) is 2.23. The first-order valence-electron chi connectivity index (χ1n) is 7.20. The molecule has 0 spiro atoms. The number of aromatic nitrogens is 2. The topological polar surface area (TPSA) is 56.2 Å². The van der Waals surface area contributed by atoms with E-state index in [-0.39, 0.29) is 11.8 Å². The molecule has 1 aromatic carbocycles. The highest BCUT2D eigenvalue weighted by atomic mass is 16.5. The number of fused-ring (bicyclic) bond motifs is 1. The van der Waals surface area contributed by atoms with Crippen LogP contribution in [0.3, 0.4) is 0 Å². The summed E-state index contributed by atoms with van der Waals surface area (Å²) in [6, 6.07) is 7.89. The summed E-state index contributed by atoms with van der Waals surface area (Å²) < 4.78 is 7.48. The Labute approximate surface area is 123 Å². The van der Waals surface area contributed by atoms with Gasteiger partial charge in [-0.15, -0.1) is 0 Å². The Morgan fingerprint density at radius 2 is 2.33 bits per heavy atom. The van der Waals surface area contributed by atoms with Crippen LogP contribution < -0.4 is 10.1 Å². The van der Waals surface area contributed by atoms with Crippen LogP contribution in [0.5, 0.6) is 5.75 Å². The molecule has 2 aromatic rings. The highest BCUT2D eigenvalue weighted by Gasteiger charge is 2.25. The van der Waals surface area contributed by atoms with Gasteiger partial charge >= 0.3 is 0 Å². The molecular weight excluding hydrogens is 266 g/mol. The second-order valence-electron chi connectivity index (χ2n) is 5.39. The number of nitrogens with zero attached hydrogens (tertiary/aromatic N) is 2. The van der Waals surface area contributed by atoms with Gasteiger partial charge in [-0.3, -0.25) is 9.48 Å². The summed E-state index contributed by atoms with van der Waals surface area (Å²) in [6.45, 7) is 3.71. The maximum Gasteiger partial charge on any atom is 0.226 e. The van der Waals surface area contributed by atoms with Crippen LogP contribution in [-0.4, -0.2) is 28.8 Å². The van der Waals surface area contributed by atoms with Crippen molar-refractivity contribution in [3.05, 3.63) is 47.8 Å². The highest BCUT2D eigenvalue weighted by molar-refractivity contribution is 5.79. The standard InChI is InChI=1S/C16H19N3O2/c1-12-9-18-19(10-12)7-6-17-16(20)14-8-13-4-2-3-5-15(13)21-11-14/h2-5,9-10,14H,6-8,11H2,1H3,(H,17,20)/t14-/m1/s1. The predicted octanol–water partition coefficient (Wildman–Crippen LogP) is 1.56. The molecule has 1 aliphatic heterocycles. The third kappa shape index (κ3) is 3.24. The smallest absolute Gasteiger partial charge is 0.226 e. The molecule has 0 saturated heterocycles. The molecule has 1 amide bonds. The van der Waals surface area contributed by atoms with E-state index in [4.69, 9.17) is 4.74 Å². The molecule has 0 aliphatic carbocycles. The zero-order valence-corrected chi connectivity index (χ0v) is 12.1. The minimum Gasteiger partial charge on any atom is -0.492 e. The van der Waals surface area contributed by atoms with Gasteiger partial charge in [-0.1, -0.05) is 18.2 Å². The zero-order chi connectivity index (χ0) is 14.7. The quantitative estimate of drug-likeness (QED) is 0.927. The van der Waals surface area contributed by atoms with Crippen LogP contribution in [0.15, 0.2) is 36.7 Å². The lowest BCUT2D eigenvalue weighted by Gasteiger charge is -2.24. The molecule has 5 heteroatoms. The van der Waals surface area contributed by atoms with Crippen molar-refractivity contribution < 1.29 is 9.53 Å². The number of hydrogen-bond acceptors (Lipinski definition) is 3. The SMILES string of the molecule is Cc1cnn(CCNC(=O)[C@H]2COc3ccccc3C2)c1. The second-order valence-corrected chi connectivity index (χ2v) is 5.39. The Balaban J connectivity index is 1.50. The fourth-order valence-electron chi connectivity index (χ4n) is 2.52. The van der Waals surface area contributed by atoms with Crippen LogP contribution >= 0.6 is 0 Å². The molecule has 1 aromatic heterocycles. The van der Waals surface area contributed by atoms with Gasteiger partial charge in [0.25, 0.3) is 0 Å². The van der Waals surface area contributed by atoms with E-state index in [1.165, 1.54) is 0 Å². The van der Waals surface area contributed by atoms with E-state index in [1.807, 2.05) is 48.3 Å². The fraction of sp³-hybridized carbons (Fsp3) is 0.375. The van der Waals surface area contributed by atoms with E-state index >= 15 is 0 Å². The van der Waals surface area contributed by atoms with E-state index in [2.05, 4.69) is 10.4 Å². The van der Waals surface area contributed by atoms with E-state index in [1.54, 1.807) is 0 Å². The lowest BCUT2D eigenvalue weighted by atomic mass is 9.96. The predicted molar refractivity (Wildman–Crippen MR) is 79.1 cm³/mol. The average Bonchev–Trinajstić information content (AvgIpc) is 2.92. The largest absolute Gasteiger partial charge is 0.492 e. The zero-order valence-electron chi connectivity index (χ0n) is 12.1. The lowest BCUT2D eigenvalue weighted by molar-refractivity contribution is -0.126. The van der Waals surface area contributed by atoms with E-state index in [0.29, 0.717) is 19.7 Å². The first kappa shape index (κ1) is 13.7. The van der Waals surface area contributed by atoms with Crippen molar-refractivity contribution in [2.24, 2.45) is 5.92 Å². The van der Waals surface area contributed by atoms with Crippen LogP contribution in [0, 0.1) is 12.8 Å². The number of carbonyl (C=O) groups is 1. The normalized spacial score (nSPS) is 16.9. The van der Waals surface area contributed by atoms with Gasteiger partial charge in [-0.25, -0.2) is 0 Å². The van der Waals surface area contributed by atoms with Gasteiger partial charge in [-0.05, 0) is 30.5 Å². The minimum atomic E-state index is -0.112. The van der Waals surface area contributed by atoms with Crippen LogP contribution in [0.1, 0.15) is 11.1 Å². The molecule has 0 bridgehead atoms. The Hall–Kier alpha value is -2.30. The van der Waals surface area contributed by atoms with Crippen molar-refractivity contribution in [1.29, 1.82) is 0 Å². The number of aryl methyl sites for hydroxylation is 1. The number of para-hydroxylation sites is 1. The molecule has 2 heterocycles.